The molecule has 1 aromatic rings. The Morgan fingerprint density at radius 1 is 1.24 bits per heavy atom. The predicted molar refractivity (Wildman–Crippen MR) is 83.3 cm³/mol. The van der Waals surface area contributed by atoms with Crippen molar-refractivity contribution in [3.8, 4) is 11.5 Å². The summed E-state index contributed by atoms with van der Waals surface area (Å²) in [5.74, 6) is 3.57. The van der Waals surface area contributed by atoms with Gasteiger partial charge < -0.3 is 19.7 Å². The van der Waals surface area contributed by atoms with Crippen LogP contribution >= 0.6 is 11.8 Å². The molecule has 5 nitrogen and oxygen atoms in total. The molecule has 1 fully saturated rings. The van der Waals surface area contributed by atoms with E-state index in [0.29, 0.717) is 13.2 Å². The lowest BCUT2D eigenvalue weighted by Crippen LogP contribution is -2.45. The van der Waals surface area contributed by atoms with Crippen LogP contribution in [-0.4, -0.2) is 48.7 Å². The zero-order chi connectivity index (χ0) is 14.7. The highest BCUT2D eigenvalue weighted by atomic mass is 32.2. The van der Waals surface area contributed by atoms with Crippen LogP contribution in [0.4, 0.5) is 4.79 Å². The molecule has 1 aromatic carbocycles. The topological polar surface area (TPSA) is 50.8 Å². The molecule has 0 radical (unpaired) electrons. The zero-order valence-electron chi connectivity index (χ0n) is 12.1. The molecule has 0 bridgehead atoms. The zero-order valence-corrected chi connectivity index (χ0v) is 12.9. The summed E-state index contributed by atoms with van der Waals surface area (Å²) < 4.78 is 11.1. The first kappa shape index (κ1) is 14.4. The van der Waals surface area contributed by atoms with Gasteiger partial charge in [-0.3, -0.25) is 0 Å². The van der Waals surface area contributed by atoms with Gasteiger partial charge in [-0.25, -0.2) is 4.79 Å². The summed E-state index contributed by atoms with van der Waals surface area (Å²) in [5.41, 5.74) is 1.03. The molecule has 21 heavy (non-hydrogen) atoms. The highest BCUT2D eigenvalue weighted by molar-refractivity contribution is 7.99. The molecule has 6 heteroatoms. The van der Waals surface area contributed by atoms with Gasteiger partial charge in [0.15, 0.2) is 11.5 Å². The highest BCUT2D eigenvalue weighted by Gasteiger charge is 2.20. The molecule has 0 aliphatic carbocycles. The molecule has 1 N–H and O–H groups in total. The fraction of sp³-hybridized carbons (Fsp3) is 0.533. The third kappa shape index (κ3) is 3.37. The number of nitrogens with zero attached hydrogens (tertiary/aromatic N) is 1. The molecule has 1 unspecified atom stereocenters. The van der Waals surface area contributed by atoms with Gasteiger partial charge in [-0.15, -0.1) is 0 Å². The van der Waals surface area contributed by atoms with Crippen LogP contribution in [0.3, 0.4) is 0 Å². The fourth-order valence-electron chi connectivity index (χ4n) is 2.46. The second-order valence-electron chi connectivity index (χ2n) is 5.17. The Kier molecular flexibility index (Phi) is 4.43. The van der Waals surface area contributed by atoms with Crippen LogP contribution in [0.5, 0.6) is 11.5 Å². The summed E-state index contributed by atoms with van der Waals surface area (Å²) >= 11 is 1.89. The standard InChI is InChI=1S/C15H20N2O3S/c1-11(16-15(18)17-4-8-21-9-5-17)12-2-3-13-14(10-12)20-7-6-19-13/h2-3,10-11H,4-9H2,1H3,(H,16,18). The maximum atomic E-state index is 12.2. The van der Waals surface area contributed by atoms with Gasteiger partial charge in [0.25, 0.3) is 0 Å². The molecule has 2 heterocycles. The number of urea groups is 1. The van der Waals surface area contributed by atoms with Gasteiger partial charge in [0.2, 0.25) is 0 Å². The maximum absolute atomic E-state index is 12.2. The molecule has 2 amide bonds. The van der Waals surface area contributed by atoms with Gasteiger partial charge >= 0.3 is 6.03 Å². The molecule has 114 valence electrons. The molecule has 0 aromatic heterocycles. The Bertz CT molecular complexity index is 518. The van der Waals surface area contributed by atoms with Crippen LogP contribution in [0, 0.1) is 0 Å². The van der Waals surface area contributed by atoms with Crippen molar-refractivity contribution >= 4 is 17.8 Å². The lowest BCUT2D eigenvalue weighted by atomic mass is 10.1. The summed E-state index contributed by atoms with van der Waals surface area (Å²) in [6.45, 7) is 4.80. The van der Waals surface area contributed by atoms with E-state index in [4.69, 9.17) is 9.47 Å². The number of fused-ring (bicyclic) bond motifs is 1. The highest BCUT2D eigenvalue weighted by Crippen LogP contribution is 2.32. The number of amides is 2. The number of hydrogen-bond donors (Lipinski definition) is 1. The van der Waals surface area contributed by atoms with Crippen molar-refractivity contribution in [3.63, 3.8) is 0 Å². The molecular formula is C15H20N2O3S. The number of ether oxygens (including phenoxy) is 2. The molecule has 2 aliphatic rings. The van der Waals surface area contributed by atoms with Crippen LogP contribution in [0.15, 0.2) is 18.2 Å². The molecular weight excluding hydrogens is 288 g/mol. The average molecular weight is 308 g/mol. The van der Waals surface area contributed by atoms with Crippen LogP contribution in [0.2, 0.25) is 0 Å². The van der Waals surface area contributed by atoms with E-state index < -0.39 is 0 Å². The van der Waals surface area contributed by atoms with E-state index in [9.17, 15) is 4.79 Å². The van der Waals surface area contributed by atoms with Crippen LogP contribution in [0.25, 0.3) is 0 Å². The number of carbonyl (C=O) groups excluding carboxylic acids is 1. The summed E-state index contributed by atoms with van der Waals surface area (Å²) in [6.07, 6.45) is 0. The van der Waals surface area contributed by atoms with Gasteiger partial charge in [-0.2, -0.15) is 11.8 Å². The van der Waals surface area contributed by atoms with E-state index in [1.807, 2.05) is 41.8 Å². The summed E-state index contributed by atoms with van der Waals surface area (Å²) in [6, 6.07) is 5.79. The Morgan fingerprint density at radius 2 is 1.95 bits per heavy atom. The minimum absolute atomic E-state index is 0.0117. The Labute approximate surface area is 129 Å². The van der Waals surface area contributed by atoms with Crippen molar-refractivity contribution in [3.05, 3.63) is 23.8 Å². The van der Waals surface area contributed by atoms with Crippen molar-refractivity contribution < 1.29 is 14.3 Å². The van der Waals surface area contributed by atoms with Gasteiger partial charge in [0, 0.05) is 24.6 Å². The van der Waals surface area contributed by atoms with E-state index in [1.54, 1.807) is 0 Å². The summed E-state index contributed by atoms with van der Waals surface area (Å²) in [4.78, 5) is 14.1. The Hall–Kier alpha value is -1.56. The maximum Gasteiger partial charge on any atom is 0.317 e. The van der Waals surface area contributed by atoms with Gasteiger partial charge in [0.1, 0.15) is 13.2 Å². The first-order valence-corrected chi connectivity index (χ1v) is 8.42. The van der Waals surface area contributed by atoms with E-state index in [0.717, 1.165) is 41.7 Å². The van der Waals surface area contributed by atoms with Crippen LogP contribution in [-0.2, 0) is 0 Å². The Morgan fingerprint density at radius 3 is 2.71 bits per heavy atom. The minimum Gasteiger partial charge on any atom is -0.486 e. The van der Waals surface area contributed by atoms with Crippen molar-refractivity contribution in [2.45, 2.75) is 13.0 Å². The Balaban J connectivity index is 1.64. The molecule has 0 spiro atoms. The second kappa shape index (κ2) is 6.47. The summed E-state index contributed by atoms with van der Waals surface area (Å²) in [7, 11) is 0. The molecule has 3 rings (SSSR count). The smallest absolute Gasteiger partial charge is 0.317 e. The largest absolute Gasteiger partial charge is 0.486 e. The lowest BCUT2D eigenvalue weighted by molar-refractivity contribution is 0.171. The predicted octanol–water partition coefficient (Wildman–Crippen LogP) is 2.28. The van der Waals surface area contributed by atoms with Gasteiger partial charge in [-0.05, 0) is 24.6 Å². The molecule has 0 saturated carbocycles. The van der Waals surface area contributed by atoms with E-state index >= 15 is 0 Å². The normalized spacial score (nSPS) is 19.0. The third-order valence-electron chi connectivity index (χ3n) is 3.70. The van der Waals surface area contributed by atoms with Crippen LogP contribution < -0.4 is 14.8 Å². The van der Waals surface area contributed by atoms with Gasteiger partial charge in [-0.1, -0.05) is 6.07 Å². The SMILES string of the molecule is CC(NC(=O)N1CCSCC1)c1ccc2c(c1)OCCO2. The van der Waals surface area contributed by atoms with E-state index in [2.05, 4.69) is 5.32 Å². The first-order valence-electron chi connectivity index (χ1n) is 7.27. The number of benzene rings is 1. The van der Waals surface area contributed by atoms with E-state index in [1.165, 1.54) is 0 Å². The average Bonchev–Trinajstić information content (AvgIpc) is 2.55. The van der Waals surface area contributed by atoms with Crippen molar-refractivity contribution in [1.82, 2.24) is 10.2 Å². The third-order valence-corrected chi connectivity index (χ3v) is 4.65. The quantitative estimate of drug-likeness (QED) is 0.910. The summed E-state index contributed by atoms with van der Waals surface area (Å²) in [5, 5.41) is 3.05. The van der Waals surface area contributed by atoms with E-state index in [-0.39, 0.29) is 12.1 Å². The van der Waals surface area contributed by atoms with Gasteiger partial charge in [0.05, 0.1) is 6.04 Å². The number of nitrogens with one attached hydrogen (secondary N) is 1. The molecule has 1 atom stereocenters. The molecule has 1 saturated heterocycles. The molecule has 2 aliphatic heterocycles. The van der Waals surface area contributed by atoms with Crippen molar-refractivity contribution in [2.75, 3.05) is 37.8 Å². The lowest BCUT2D eigenvalue weighted by Gasteiger charge is -2.28. The van der Waals surface area contributed by atoms with Crippen molar-refractivity contribution in [2.24, 2.45) is 0 Å². The number of rotatable bonds is 2. The second-order valence-corrected chi connectivity index (χ2v) is 6.40. The van der Waals surface area contributed by atoms with Crippen molar-refractivity contribution in [1.29, 1.82) is 0 Å². The fourth-order valence-corrected chi connectivity index (χ4v) is 3.36. The van der Waals surface area contributed by atoms with Crippen LogP contribution in [0.1, 0.15) is 18.5 Å². The number of thioether (sulfide) groups is 1. The number of carbonyl (C=O) groups is 1. The monoisotopic (exact) mass is 308 g/mol. The first-order chi connectivity index (χ1) is 10.2. The number of hydrogen-bond acceptors (Lipinski definition) is 4. The minimum atomic E-state index is -0.0529.